The minimum absolute atomic E-state index is 0.399. The third kappa shape index (κ3) is 3.12. The molecule has 1 aromatic heterocycles. The van der Waals surface area contributed by atoms with Crippen LogP contribution < -0.4 is 0 Å². The number of benzene rings is 1. The van der Waals surface area contributed by atoms with Crippen molar-refractivity contribution in [2.24, 2.45) is 0 Å². The molecule has 1 heterocycles. The van der Waals surface area contributed by atoms with E-state index < -0.39 is 0 Å². The maximum atomic E-state index is 6.04. The molecule has 0 atom stereocenters. The Balaban J connectivity index is 2.24. The van der Waals surface area contributed by atoms with Gasteiger partial charge in [0.15, 0.2) is 0 Å². The molecule has 0 bridgehead atoms. The van der Waals surface area contributed by atoms with Crippen LogP contribution in [0.4, 0.5) is 0 Å². The van der Waals surface area contributed by atoms with E-state index in [1.165, 1.54) is 0 Å². The van der Waals surface area contributed by atoms with Crippen molar-refractivity contribution < 1.29 is 4.42 Å². The summed E-state index contributed by atoms with van der Waals surface area (Å²) in [5, 5.41) is 8.93. The van der Waals surface area contributed by atoms with Crippen LogP contribution in [0, 0.1) is 0 Å². The number of aromatic nitrogens is 2. The lowest BCUT2D eigenvalue weighted by Gasteiger charge is -1.98. The Morgan fingerprint density at radius 3 is 2.71 bits per heavy atom. The average molecular weight is 292 g/mol. The van der Waals surface area contributed by atoms with Gasteiger partial charge in [-0.2, -0.15) is 0 Å². The molecule has 0 radical (unpaired) electrons. The molecule has 17 heavy (non-hydrogen) atoms. The van der Waals surface area contributed by atoms with Crippen molar-refractivity contribution >= 4 is 34.8 Å². The van der Waals surface area contributed by atoms with Crippen LogP contribution in [0.5, 0.6) is 0 Å². The average Bonchev–Trinajstić information content (AvgIpc) is 2.75. The summed E-state index contributed by atoms with van der Waals surface area (Å²) in [5.41, 5.74) is 0.681. The molecule has 0 unspecified atom stereocenters. The molecule has 0 aliphatic rings. The second-order valence-electron chi connectivity index (χ2n) is 3.42. The van der Waals surface area contributed by atoms with Crippen LogP contribution in [0.25, 0.3) is 11.5 Å². The summed E-state index contributed by atoms with van der Waals surface area (Å²) in [6, 6.07) is 5.12. The number of aryl methyl sites for hydroxylation is 1. The monoisotopic (exact) mass is 290 g/mol. The second kappa shape index (κ2) is 5.71. The Morgan fingerprint density at radius 2 is 2.00 bits per heavy atom. The van der Waals surface area contributed by atoms with Gasteiger partial charge in [-0.1, -0.05) is 23.2 Å². The zero-order valence-corrected chi connectivity index (χ0v) is 11.1. The maximum Gasteiger partial charge on any atom is 0.249 e. The quantitative estimate of drug-likeness (QED) is 0.792. The fourth-order valence-corrected chi connectivity index (χ4v) is 1.97. The van der Waals surface area contributed by atoms with E-state index in [1.54, 1.807) is 18.2 Å². The van der Waals surface area contributed by atoms with Gasteiger partial charge in [-0.3, -0.25) is 0 Å². The minimum Gasteiger partial charge on any atom is -0.421 e. The van der Waals surface area contributed by atoms with Crippen molar-refractivity contribution in [1.29, 1.82) is 0 Å². The fourth-order valence-electron chi connectivity index (χ4n) is 1.34. The van der Waals surface area contributed by atoms with Crippen molar-refractivity contribution in [2.75, 3.05) is 5.88 Å². The lowest BCUT2D eigenvalue weighted by molar-refractivity contribution is 0.502. The van der Waals surface area contributed by atoms with Gasteiger partial charge >= 0.3 is 0 Å². The van der Waals surface area contributed by atoms with Crippen LogP contribution in [0.1, 0.15) is 12.3 Å². The van der Waals surface area contributed by atoms with Gasteiger partial charge in [0.05, 0.1) is 10.6 Å². The molecule has 0 saturated heterocycles. The first-order valence-corrected chi connectivity index (χ1v) is 6.33. The highest BCUT2D eigenvalue weighted by Gasteiger charge is 2.11. The lowest BCUT2D eigenvalue weighted by atomic mass is 10.2. The van der Waals surface area contributed by atoms with E-state index in [9.17, 15) is 0 Å². The standard InChI is InChI=1S/C11H9Cl3N2O/c12-5-1-2-10-15-16-11(17-10)8-4-3-7(13)6-9(8)14/h3-4,6H,1-2,5H2. The Kier molecular flexibility index (Phi) is 4.26. The van der Waals surface area contributed by atoms with Gasteiger partial charge in [-0.05, 0) is 24.6 Å². The summed E-state index contributed by atoms with van der Waals surface area (Å²) in [6.07, 6.45) is 1.47. The van der Waals surface area contributed by atoms with Crippen molar-refractivity contribution in [3.8, 4) is 11.5 Å². The molecular formula is C11H9Cl3N2O. The predicted octanol–water partition coefficient (Wildman–Crippen LogP) is 4.21. The molecule has 0 N–H and O–H groups in total. The van der Waals surface area contributed by atoms with E-state index in [4.69, 9.17) is 39.2 Å². The van der Waals surface area contributed by atoms with Gasteiger partial charge in [-0.25, -0.2) is 0 Å². The molecular weight excluding hydrogens is 282 g/mol. The number of rotatable bonds is 4. The van der Waals surface area contributed by atoms with E-state index >= 15 is 0 Å². The summed E-state index contributed by atoms with van der Waals surface area (Å²) in [6.45, 7) is 0. The summed E-state index contributed by atoms with van der Waals surface area (Å²) in [4.78, 5) is 0. The van der Waals surface area contributed by atoms with Crippen LogP contribution in [0.15, 0.2) is 22.6 Å². The fraction of sp³-hybridized carbons (Fsp3) is 0.273. The van der Waals surface area contributed by atoms with Crippen molar-refractivity contribution in [2.45, 2.75) is 12.8 Å². The van der Waals surface area contributed by atoms with Crippen LogP contribution in [-0.2, 0) is 6.42 Å². The molecule has 90 valence electrons. The molecule has 0 fully saturated rings. The van der Waals surface area contributed by atoms with Gasteiger partial charge in [0.1, 0.15) is 0 Å². The lowest BCUT2D eigenvalue weighted by Crippen LogP contribution is -1.85. The molecule has 2 aromatic rings. The van der Waals surface area contributed by atoms with E-state index in [0.29, 0.717) is 39.7 Å². The molecule has 1 aromatic carbocycles. The SMILES string of the molecule is ClCCCc1nnc(-c2ccc(Cl)cc2Cl)o1. The maximum absolute atomic E-state index is 6.04. The Labute approximate surface area is 114 Å². The van der Waals surface area contributed by atoms with Gasteiger partial charge < -0.3 is 4.42 Å². The van der Waals surface area contributed by atoms with Crippen LogP contribution in [0.2, 0.25) is 10.0 Å². The third-order valence-electron chi connectivity index (χ3n) is 2.15. The summed E-state index contributed by atoms with van der Waals surface area (Å²) < 4.78 is 5.48. The zero-order valence-electron chi connectivity index (χ0n) is 8.79. The zero-order chi connectivity index (χ0) is 12.3. The van der Waals surface area contributed by atoms with Crippen molar-refractivity contribution in [3.05, 3.63) is 34.1 Å². The highest BCUT2D eigenvalue weighted by Crippen LogP contribution is 2.29. The molecule has 0 amide bonds. The number of halogens is 3. The van der Waals surface area contributed by atoms with Gasteiger partial charge in [-0.15, -0.1) is 21.8 Å². The van der Waals surface area contributed by atoms with Gasteiger partial charge in [0.25, 0.3) is 0 Å². The number of hydrogen-bond donors (Lipinski definition) is 0. The topological polar surface area (TPSA) is 38.9 Å². The smallest absolute Gasteiger partial charge is 0.249 e. The normalized spacial score (nSPS) is 10.8. The van der Waals surface area contributed by atoms with Crippen molar-refractivity contribution in [3.63, 3.8) is 0 Å². The Morgan fingerprint density at radius 1 is 1.18 bits per heavy atom. The van der Waals surface area contributed by atoms with Gasteiger partial charge in [0, 0.05) is 17.3 Å². The molecule has 0 saturated carbocycles. The summed E-state index contributed by atoms with van der Waals surface area (Å²) in [5.74, 6) is 1.53. The van der Waals surface area contributed by atoms with E-state index in [-0.39, 0.29) is 0 Å². The number of nitrogens with zero attached hydrogens (tertiary/aromatic N) is 2. The first-order valence-electron chi connectivity index (χ1n) is 5.04. The molecule has 6 heteroatoms. The number of alkyl halides is 1. The number of hydrogen-bond acceptors (Lipinski definition) is 3. The minimum atomic E-state index is 0.399. The summed E-state index contributed by atoms with van der Waals surface area (Å²) >= 11 is 17.4. The molecule has 0 aliphatic heterocycles. The Bertz CT molecular complexity index is 513. The molecule has 0 aliphatic carbocycles. The van der Waals surface area contributed by atoms with Crippen LogP contribution >= 0.6 is 34.8 Å². The van der Waals surface area contributed by atoms with Crippen LogP contribution in [0.3, 0.4) is 0 Å². The van der Waals surface area contributed by atoms with Gasteiger partial charge in [0.2, 0.25) is 11.8 Å². The van der Waals surface area contributed by atoms with E-state index in [2.05, 4.69) is 10.2 Å². The van der Waals surface area contributed by atoms with Crippen molar-refractivity contribution in [1.82, 2.24) is 10.2 Å². The highest BCUT2D eigenvalue weighted by molar-refractivity contribution is 6.36. The van der Waals surface area contributed by atoms with Crippen LogP contribution in [-0.4, -0.2) is 16.1 Å². The molecule has 0 spiro atoms. The largest absolute Gasteiger partial charge is 0.421 e. The first-order chi connectivity index (χ1) is 8.20. The van der Waals surface area contributed by atoms with E-state index in [0.717, 1.165) is 6.42 Å². The second-order valence-corrected chi connectivity index (χ2v) is 4.64. The molecule has 2 rings (SSSR count). The predicted molar refractivity (Wildman–Crippen MR) is 68.8 cm³/mol. The highest BCUT2D eigenvalue weighted by atomic mass is 35.5. The third-order valence-corrected chi connectivity index (χ3v) is 2.97. The first kappa shape index (κ1) is 12.7. The molecule has 3 nitrogen and oxygen atoms in total. The van der Waals surface area contributed by atoms with E-state index in [1.807, 2.05) is 0 Å². The summed E-state index contributed by atoms with van der Waals surface area (Å²) in [7, 11) is 0. The Hall–Kier alpha value is -0.770.